The van der Waals surface area contributed by atoms with Crippen LogP contribution in [0, 0.1) is 0 Å². The minimum Gasteiger partial charge on any atom is -0.338 e. The zero-order chi connectivity index (χ0) is 13.7. The van der Waals surface area contributed by atoms with Crippen molar-refractivity contribution in [1.82, 2.24) is 15.0 Å². The van der Waals surface area contributed by atoms with E-state index in [9.17, 15) is 0 Å². The molecule has 100 valence electrons. The molecule has 0 atom stereocenters. The second kappa shape index (κ2) is 6.29. The fraction of sp³-hybridized carbons (Fsp3) is 0.333. The predicted octanol–water partition coefficient (Wildman–Crippen LogP) is 3.13. The van der Waals surface area contributed by atoms with E-state index in [1.54, 1.807) is 0 Å². The molecule has 1 aromatic carbocycles. The van der Waals surface area contributed by atoms with Gasteiger partial charge in [0.2, 0.25) is 11.7 Å². The fourth-order valence-corrected chi connectivity index (χ4v) is 1.88. The van der Waals surface area contributed by atoms with Gasteiger partial charge in [0.15, 0.2) is 0 Å². The number of benzene rings is 1. The van der Waals surface area contributed by atoms with Crippen LogP contribution in [0.3, 0.4) is 0 Å². The second-order valence-corrected chi connectivity index (χ2v) is 4.64. The maximum absolute atomic E-state index is 5.30. The molecule has 0 fully saturated rings. The van der Waals surface area contributed by atoms with Gasteiger partial charge >= 0.3 is 0 Å². The molecule has 0 saturated heterocycles. The van der Waals surface area contributed by atoms with Crippen molar-refractivity contribution in [3.05, 3.63) is 48.4 Å². The zero-order valence-electron chi connectivity index (χ0n) is 11.5. The lowest BCUT2D eigenvalue weighted by Gasteiger charge is -2.17. The standard InChI is InChI=1S/C15H19N3O/c1-4-18(10-12(2)3)11-14-16-15(17-19-14)13-8-6-5-7-9-13/h5-9H,2,4,10-11H2,1,3H3. The third-order valence-corrected chi connectivity index (χ3v) is 2.80. The van der Waals surface area contributed by atoms with Crippen molar-refractivity contribution in [2.24, 2.45) is 0 Å². The van der Waals surface area contributed by atoms with Gasteiger partial charge in [-0.1, -0.05) is 54.6 Å². The summed E-state index contributed by atoms with van der Waals surface area (Å²) in [5.41, 5.74) is 2.10. The van der Waals surface area contributed by atoms with Crippen LogP contribution in [0.2, 0.25) is 0 Å². The molecular formula is C15H19N3O. The first-order chi connectivity index (χ1) is 9.19. The van der Waals surface area contributed by atoms with Crippen LogP contribution in [0.1, 0.15) is 19.7 Å². The van der Waals surface area contributed by atoms with E-state index < -0.39 is 0 Å². The molecule has 0 radical (unpaired) electrons. The number of likely N-dealkylation sites (N-methyl/N-ethyl adjacent to an activating group) is 1. The van der Waals surface area contributed by atoms with E-state index in [2.05, 4.69) is 28.5 Å². The summed E-state index contributed by atoms with van der Waals surface area (Å²) < 4.78 is 5.30. The van der Waals surface area contributed by atoms with E-state index in [0.717, 1.165) is 24.2 Å². The Morgan fingerprint density at radius 1 is 1.32 bits per heavy atom. The van der Waals surface area contributed by atoms with Crippen LogP contribution in [0.25, 0.3) is 11.4 Å². The van der Waals surface area contributed by atoms with E-state index in [-0.39, 0.29) is 0 Å². The third-order valence-electron chi connectivity index (χ3n) is 2.80. The molecule has 0 N–H and O–H groups in total. The number of hydrogen-bond acceptors (Lipinski definition) is 4. The van der Waals surface area contributed by atoms with Gasteiger partial charge in [-0.05, 0) is 13.5 Å². The second-order valence-electron chi connectivity index (χ2n) is 4.64. The maximum Gasteiger partial charge on any atom is 0.241 e. The summed E-state index contributed by atoms with van der Waals surface area (Å²) in [5, 5.41) is 4.02. The lowest BCUT2D eigenvalue weighted by Crippen LogP contribution is -2.24. The molecule has 0 amide bonds. The van der Waals surface area contributed by atoms with Gasteiger partial charge in [0.1, 0.15) is 0 Å². The average molecular weight is 257 g/mol. The van der Waals surface area contributed by atoms with Crippen LogP contribution < -0.4 is 0 Å². The number of nitrogens with zero attached hydrogens (tertiary/aromatic N) is 3. The highest BCUT2D eigenvalue weighted by atomic mass is 16.5. The van der Waals surface area contributed by atoms with Crippen molar-refractivity contribution in [2.75, 3.05) is 13.1 Å². The highest BCUT2D eigenvalue weighted by Gasteiger charge is 2.11. The number of hydrogen-bond donors (Lipinski definition) is 0. The SMILES string of the molecule is C=C(C)CN(CC)Cc1nc(-c2ccccc2)no1. The van der Waals surface area contributed by atoms with Gasteiger partial charge in [-0.2, -0.15) is 4.98 Å². The van der Waals surface area contributed by atoms with Crippen LogP contribution in [0.5, 0.6) is 0 Å². The van der Waals surface area contributed by atoms with Crippen molar-refractivity contribution in [3.63, 3.8) is 0 Å². The Balaban J connectivity index is 2.07. The Labute approximate surface area is 113 Å². The minimum absolute atomic E-state index is 0.641. The Kier molecular flexibility index (Phi) is 4.47. The smallest absolute Gasteiger partial charge is 0.241 e. The largest absolute Gasteiger partial charge is 0.338 e. The lowest BCUT2D eigenvalue weighted by atomic mass is 10.2. The Morgan fingerprint density at radius 2 is 2.05 bits per heavy atom. The third kappa shape index (κ3) is 3.76. The summed E-state index contributed by atoms with van der Waals surface area (Å²) in [7, 11) is 0. The average Bonchev–Trinajstić information content (AvgIpc) is 2.87. The Morgan fingerprint density at radius 3 is 2.68 bits per heavy atom. The predicted molar refractivity (Wildman–Crippen MR) is 75.5 cm³/mol. The van der Waals surface area contributed by atoms with Gasteiger partial charge in [0.05, 0.1) is 6.54 Å². The van der Waals surface area contributed by atoms with Gasteiger partial charge < -0.3 is 4.52 Å². The van der Waals surface area contributed by atoms with Crippen LogP contribution in [-0.2, 0) is 6.54 Å². The summed E-state index contributed by atoms with van der Waals surface area (Å²) in [4.78, 5) is 6.64. The first-order valence-electron chi connectivity index (χ1n) is 6.43. The Hall–Kier alpha value is -1.94. The fourth-order valence-electron chi connectivity index (χ4n) is 1.88. The van der Waals surface area contributed by atoms with Gasteiger partial charge in [0, 0.05) is 12.1 Å². The maximum atomic E-state index is 5.30. The van der Waals surface area contributed by atoms with E-state index in [0.29, 0.717) is 18.3 Å². The van der Waals surface area contributed by atoms with Crippen LogP contribution >= 0.6 is 0 Å². The highest BCUT2D eigenvalue weighted by Crippen LogP contribution is 2.15. The number of rotatable bonds is 6. The van der Waals surface area contributed by atoms with Crippen molar-refractivity contribution < 1.29 is 4.52 Å². The first kappa shape index (κ1) is 13.5. The van der Waals surface area contributed by atoms with E-state index in [1.165, 1.54) is 0 Å². The molecule has 1 aromatic heterocycles. The molecule has 4 nitrogen and oxygen atoms in total. The molecule has 0 aliphatic rings. The molecule has 0 spiro atoms. The molecule has 0 aliphatic carbocycles. The van der Waals surface area contributed by atoms with Gasteiger partial charge in [-0.25, -0.2) is 0 Å². The first-order valence-corrected chi connectivity index (χ1v) is 6.43. The van der Waals surface area contributed by atoms with Crippen molar-refractivity contribution in [2.45, 2.75) is 20.4 Å². The lowest BCUT2D eigenvalue weighted by molar-refractivity contribution is 0.252. The van der Waals surface area contributed by atoms with Gasteiger partial charge in [-0.3, -0.25) is 4.90 Å². The molecule has 1 heterocycles. The summed E-state index contributed by atoms with van der Waals surface area (Å²) in [6, 6.07) is 9.84. The van der Waals surface area contributed by atoms with Crippen LogP contribution in [-0.4, -0.2) is 28.1 Å². The summed E-state index contributed by atoms with van der Waals surface area (Å²) >= 11 is 0. The monoisotopic (exact) mass is 257 g/mol. The number of aromatic nitrogens is 2. The summed E-state index contributed by atoms with van der Waals surface area (Å²) in [5.74, 6) is 1.28. The molecular weight excluding hydrogens is 238 g/mol. The summed E-state index contributed by atoms with van der Waals surface area (Å²) in [6.07, 6.45) is 0. The molecule has 2 rings (SSSR count). The van der Waals surface area contributed by atoms with E-state index in [4.69, 9.17) is 4.52 Å². The molecule has 0 aliphatic heterocycles. The molecule has 2 aromatic rings. The normalized spacial score (nSPS) is 10.9. The molecule has 0 unspecified atom stereocenters. The molecule has 0 saturated carbocycles. The van der Waals surface area contributed by atoms with E-state index in [1.807, 2.05) is 37.3 Å². The van der Waals surface area contributed by atoms with Gasteiger partial charge in [0.25, 0.3) is 0 Å². The Bertz CT molecular complexity index is 533. The van der Waals surface area contributed by atoms with Crippen molar-refractivity contribution in [3.8, 4) is 11.4 Å². The van der Waals surface area contributed by atoms with Crippen molar-refractivity contribution >= 4 is 0 Å². The van der Waals surface area contributed by atoms with E-state index >= 15 is 0 Å². The topological polar surface area (TPSA) is 42.2 Å². The molecule has 4 heteroatoms. The zero-order valence-corrected chi connectivity index (χ0v) is 11.5. The highest BCUT2D eigenvalue weighted by molar-refractivity contribution is 5.53. The van der Waals surface area contributed by atoms with Gasteiger partial charge in [-0.15, -0.1) is 0 Å². The molecule has 0 bridgehead atoms. The van der Waals surface area contributed by atoms with Crippen LogP contribution in [0.15, 0.2) is 47.0 Å². The quantitative estimate of drug-likeness (QED) is 0.746. The molecule has 19 heavy (non-hydrogen) atoms. The van der Waals surface area contributed by atoms with Crippen LogP contribution in [0.4, 0.5) is 0 Å². The van der Waals surface area contributed by atoms with Crippen molar-refractivity contribution in [1.29, 1.82) is 0 Å². The summed E-state index contributed by atoms with van der Waals surface area (Å²) in [6.45, 7) is 10.5. The minimum atomic E-state index is 0.641.